The van der Waals surface area contributed by atoms with Gasteiger partial charge in [0, 0.05) is 15.7 Å². The van der Waals surface area contributed by atoms with Crippen LogP contribution in [0, 0.1) is 3.57 Å². The highest BCUT2D eigenvalue weighted by Crippen LogP contribution is 2.31. The van der Waals surface area contributed by atoms with Crippen molar-refractivity contribution in [2.24, 2.45) is 0 Å². The number of nitrogen functional groups attached to an aromatic ring is 1. The Kier molecular flexibility index (Phi) is 2.94. The highest BCUT2D eigenvalue weighted by molar-refractivity contribution is 14.1. The van der Waals surface area contributed by atoms with Crippen LogP contribution in [0.1, 0.15) is 0 Å². The summed E-state index contributed by atoms with van der Waals surface area (Å²) in [5.74, 6) is 0.649. The van der Waals surface area contributed by atoms with Gasteiger partial charge in [-0.05, 0) is 40.8 Å². The van der Waals surface area contributed by atoms with Crippen LogP contribution in [0.15, 0.2) is 45.6 Å². The van der Waals surface area contributed by atoms with Crippen LogP contribution in [0.2, 0.25) is 0 Å². The first kappa shape index (κ1) is 12.1. The number of fused-ring (bicyclic) bond motifs is 1. The van der Waals surface area contributed by atoms with Gasteiger partial charge in [-0.1, -0.05) is 6.07 Å². The van der Waals surface area contributed by atoms with E-state index >= 15 is 0 Å². The van der Waals surface area contributed by atoms with Crippen molar-refractivity contribution in [3.63, 3.8) is 0 Å². The number of oxazole rings is 1. The molecule has 6 heteroatoms. The first-order chi connectivity index (χ1) is 9.11. The van der Waals surface area contributed by atoms with E-state index in [1.807, 2.05) is 24.3 Å². The molecule has 0 bridgehead atoms. The van der Waals surface area contributed by atoms with Gasteiger partial charge in [0.2, 0.25) is 0 Å². The van der Waals surface area contributed by atoms with Gasteiger partial charge in [0.1, 0.15) is 5.75 Å². The van der Waals surface area contributed by atoms with Gasteiger partial charge in [-0.25, -0.2) is 4.79 Å². The van der Waals surface area contributed by atoms with E-state index in [0.29, 0.717) is 28.3 Å². The third-order valence-corrected chi connectivity index (χ3v) is 3.25. The summed E-state index contributed by atoms with van der Waals surface area (Å²) >= 11 is 2.20. The Hall–Kier alpha value is -1.96. The van der Waals surface area contributed by atoms with Gasteiger partial charge >= 0.3 is 5.76 Å². The smallest absolute Gasteiger partial charge is 0.417 e. The van der Waals surface area contributed by atoms with Crippen molar-refractivity contribution in [3.8, 4) is 11.5 Å². The first-order valence-electron chi connectivity index (χ1n) is 5.47. The molecule has 2 aromatic carbocycles. The molecule has 3 N–H and O–H groups in total. The number of benzene rings is 2. The molecule has 0 amide bonds. The summed E-state index contributed by atoms with van der Waals surface area (Å²) in [6, 6.07) is 10.8. The standard InChI is InChI=1S/C13H9IN2O3/c14-7-2-1-3-8(4-7)18-11-6-10-12(5-9(11)15)19-13(17)16-10/h1-6H,15H2,(H,16,17). The van der Waals surface area contributed by atoms with Gasteiger partial charge in [0.15, 0.2) is 11.3 Å². The van der Waals surface area contributed by atoms with Crippen LogP contribution < -0.4 is 16.2 Å². The van der Waals surface area contributed by atoms with Gasteiger partial charge in [-0.3, -0.25) is 4.98 Å². The zero-order chi connectivity index (χ0) is 13.4. The SMILES string of the molecule is Nc1cc2oc(=O)[nH]c2cc1Oc1cccc(I)c1. The number of aromatic amines is 1. The molecule has 3 aromatic rings. The van der Waals surface area contributed by atoms with E-state index in [-0.39, 0.29) is 0 Å². The molecule has 0 saturated carbocycles. The molecule has 0 aliphatic rings. The van der Waals surface area contributed by atoms with Crippen LogP contribution in [0.3, 0.4) is 0 Å². The van der Waals surface area contributed by atoms with Crippen LogP contribution in [-0.2, 0) is 0 Å². The molecule has 0 atom stereocenters. The van der Waals surface area contributed by atoms with E-state index in [9.17, 15) is 4.79 Å². The minimum absolute atomic E-state index is 0.411. The highest BCUT2D eigenvalue weighted by Gasteiger charge is 2.08. The quantitative estimate of drug-likeness (QED) is 0.538. The second-order valence-electron chi connectivity index (χ2n) is 3.96. The molecule has 1 heterocycles. The number of hydrogen-bond acceptors (Lipinski definition) is 4. The van der Waals surface area contributed by atoms with Crippen LogP contribution in [0.25, 0.3) is 11.1 Å². The van der Waals surface area contributed by atoms with Crippen molar-refractivity contribution in [1.29, 1.82) is 0 Å². The number of anilines is 1. The Morgan fingerprint density at radius 3 is 2.89 bits per heavy atom. The number of H-pyrrole nitrogens is 1. The fourth-order valence-corrected chi connectivity index (χ4v) is 2.25. The molecule has 0 aliphatic heterocycles. The summed E-state index contributed by atoms with van der Waals surface area (Å²) in [6.45, 7) is 0. The Bertz CT molecular complexity index is 807. The molecular formula is C13H9IN2O3. The van der Waals surface area contributed by atoms with Crippen molar-refractivity contribution in [1.82, 2.24) is 4.98 Å². The van der Waals surface area contributed by atoms with E-state index in [1.165, 1.54) is 0 Å². The Labute approximate surface area is 121 Å². The maximum absolute atomic E-state index is 11.1. The molecule has 0 unspecified atom stereocenters. The van der Waals surface area contributed by atoms with Crippen molar-refractivity contribution in [2.45, 2.75) is 0 Å². The zero-order valence-electron chi connectivity index (χ0n) is 9.64. The summed E-state index contributed by atoms with van der Waals surface area (Å²) in [4.78, 5) is 13.7. The fraction of sp³-hybridized carbons (Fsp3) is 0. The van der Waals surface area contributed by atoms with Gasteiger partial charge in [0.05, 0.1) is 11.2 Å². The molecule has 0 aliphatic carbocycles. The van der Waals surface area contributed by atoms with Crippen molar-refractivity contribution in [3.05, 3.63) is 50.5 Å². The van der Waals surface area contributed by atoms with Gasteiger partial charge in [0.25, 0.3) is 0 Å². The number of hydrogen-bond donors (Lipinski definition) is 2. The molecule has 1 aromatic heterocycles. The lowest BCUT2D eigenvalue weighted by atomic mass is 10.2. The summed E-state index contributed by atoms with van der Waals surface area (Å²) in [5, 5.41) is 0. The number of ether oxygens (including phenoxy) is 1. The maximum Gasteiger partial charge on any atom is 0.417 e. The number of rotatable bonds is 2. The predicted molar refractivity (Wildman–Crippen MR) is 80.5 cm³/mol. The normalized spacial score (nSPS) is 10.8. The van der Waals surface area contributed by atoms with E-state index in [0.717, 1.165) is 3.57 Å². The van der Waals surface area contributed by atoms with Crippen molar-refractivity contribution in [2.75, 3.05) is 5.73 Å². The third-order valence-electron chi connectivity index (χ3n) is 2.58. The number of nitrogens with two attached hydrogens (primary N) is 1. The molecule has 0 radical (unpaired) electrons. The number of nitrogens with one attached hydrogen (secondary N) is 1. The summed E-state index contributed by atoms with van der Waals surface area (Å²) in [6.07, 6.45) is 0. The van der Waals surface area contributed by atoms with E-state index in [4.69, 9.17) is 14.9 Å². The fourth-order valence-electron chi connectivity index (χ4n) is 1.74. The molecule has 0 fully saturated rings. The molecule has 5 nitrogen and oxygen atoms in total. The van der Waals surface area contributed by atoms with Crippen LogP contribution in [0.5, 0.6) is 11.5 Å². The minimum Gasteiger partial charge on any atom is -0.455 e. The topological polar surface area (TPSA) is 81.2 Å². The van der Waals surface area contributed by atoms with E-state index < -0.39 is 5.76 Å². The predicted octanol–water partition coefficient (Wildman–Crippen LogP) is 3.10. The Morgan fingerprint density at radius 2 is 2.11 bits per heavy atom. The van der Waals surface area contributed by atoms with Gasteiger partial charge in [-0.15, -0.1) is 0 Å². The molecule has 0 saturated heterocycles. The first-order valence-corrected chi connectivity index (χ1v) is 6.55. The monoisotopic (exact) mass is 368 g/mol. The molecule has 0 spiro atoms. The summed E-state index contributed by atoms with van der Waals surface area (Å²) in [7, 11) is 0. The van der Waals surface area contributed by atoms with Gasteiger partial charge in [-0.2, -0.15) is 0 Å². The van der Waals surface area contributed by atoms with Crippen LogP contribution >= 0.6 is 22.6 Å². The average molecular weight is 368 g/mol. The van der Waals surface area contributed by atoms with Crippen molar-refractivity contribution < 1.29 is 9.15 Å². The van der Waals surface area contributed by atoms with E-state index in [1.54, 1.807) is 12.1 Å². The Balaban J connectivity index is 2.04. The van der Waals surface area contributed by atoms with Gasteiger partial charge < -0.3 is 14.9 Å². The molecule has 19 heavy (non-hydrogen) atoms. The zero-order valence-corrected chi connectivity index (χ0v) is 11.8. The van der Waals surface area contributed by atoms with Crippen LogP contribution in [-0.4, -0.2) is 4.98 Å². The largest absolute Gasteiger partial charge is 0.455 e. The lowest BCUT2D eigenvalue weighted by Gasteiger charge is -2.08. The van der Waals surface area contributed by atoms with E-state index in [2.05, 4.69) is 27.6 Å². The summed E-state index contributed by atoms with van der Waals surface area (Å²) in [5.41, 5.74) is 7.26. The molecule has 3 rings (SSSR count). The highest BCUT2D eigenvalue weighted by atomic mass is 127. The second kappa shape index (κ2) is 4.61. The maximum atomic E-state index is 11.1. The average Bonchev–Trinajstić information content (AvgIpc) is 2.69. The number of halogens is 1. The van der Waals surface area contributed by atoms with Crippen LogP contribution in [0.4, 0.5) is 5.69 Å². The number of aromatic nitrogens is 1. The minimum atomic E-state index is -0.513. The third kappa shape index (κ3) is 2.43. The Morgan fingerprint density at radius 1 is 1.26 bits per heavy atom. The lowest BCUT2D eigenvalue weighted by Crippen LogP contribution is -1.93. The molecular weight excluding hydrogens is 359 g/mol. The molecule has 96 valence electrons. The second-order valence-corrected chi connectivity index (χ2v) is 5.21. The lowest BCUT2D eigenvalue weighted by molar-refractivity contribution is 0.485. The van der Waals surface area contributed by atoms with Crippen molar-refractivity contribution >= 4 is 39.4 Å². The summed E-state index contributed by atoms with van der Waals surface area (Å²) < 4.78 is 11.7.